The van der Waals surface area contributed by atoms with Crippen molar-refractivity contribution in [3.63, 3.8) is 0 Å². The minimum atomic E-state index is -4.00. The van der Waals surface area contributed by atoms with E-state index in [0.717, 1.165) is 18.4 Å². The Balaban J connectivity index is 1.73. The SMILES string of the molecule is CCNC(=O)N(Cc1cccc(OS(=O)(=O)c2ccc(OC)cc2)c1)C[C@@H]1CCCO1. The van der Waals surface area contributed by atoms with Gasteiger partial charge in [0.15, 0.2) is 0 Å². The van der Waals surface area contributed by atoms with Crippen molar-refractivity contribution in [3.05, 3.63) is 54.1 Å². The Labute approximate surface area is 183 Å². The zero-order valence-corrected chi connectivity index (χ0v) is 18.6. The van der Waals surface area contributed by atoms with Crippen molar-refractivity contribution in [1.29, 1.82) is 0 Å². The van der Waals surface area contributed by atoms with Crippen molar-refractivity contribution < 1.29 is 26.9 Å². The average Bonchev–Trinajstić information content (AvgIpc) is 3.27. The zero-order valence-electron chi connectivity index (χ0n) is 17.7. The molecule has 1 N–H and O–H groups in total. The quantitative estimate of drug-likeness (QED) is 0.592. The van der Waals surface area contributed by atoms with Gasteiger partial charge >= 0.3 is 16.1 Å². The van der Waals surface area contributed by atoms with Crippen molar-refractivity contribution >= 4 is 16.1 Å². The Kier molecular flexibility index (Phi) is 7.75. The summed E-state index contributed by atoms with van der Waals surface area (Å²) in [5, 5.41) is 2.82. The van der Waals surface area contributed by atoms with Gasteiger partial charge in [0.25, 0.3) is 0 Å². The molecular weight excluding hydrogens is 420 g/mol. The minimum Gasteiger partial charge on any atom is -0.497 e. The van der Waals surface area contributed by atoms with Crippen LogP contribution in [0.15, 0.2) is 53.4 Å². The van der Waals surface area contributed by atoms with Gasteiger partial charge < -0.3 is 23.9 Å². The van der Waals surface area contributed by atoms with Gasteiger partial charge in [-0.05, 0) is 61.7 Å². The Morgan fingerprint density at radius 2 is 1.97 bits per heavy atom. The third-order valence-corrected chi connectivity index (χ3v) is 6.15. The molecule has 2 aromatic carbocycles. The Hall–Kier alpha value is -2.78. The minimum absolute atomic E-state index is 0.0116. The molecule has 3 rings (SSSR count). The smallest absolute Gasteiger partial charge is 0.339 e. The van der Waals surface area contributed by atoms with Crippen LogP contribution < -0.4 is 14.2 Å². The highest BCUT2D eigenvalue weighted by molar-refractivity contribution is 7.87. The van der Waals surface area contributed by atoms with Crippen LogP contribution in [0.5, 0.6) is 11.5 Å². The summed E-state index contributed by atoms with van der Waals surface area (Å²) in [4.78, 5) is 14.2. The lowest BCUT2D eigenvalue weighted by atomic mass is 10.2. The van der Waals surface area contributed by atoms with Gasteiger partial charge in [-0.3, -0.25) is 0 Å². The van der Waals surface area contributed by atoms with Crippen LogP contribution in [0.25, 0.3) is 0 Å². The van der Waals surface area contributed by atoms with E-state index in [-0.39, 0.29) is 22.8 Å². The second-order valence-corrected chi connectivity index (χ2v) is 8.76. The van der Waals surface area contributed by atoms with Gasteiger partial charge in [-0.1, -0.05) is 12.1 Å². The molecule has 168 valence electrons. The highest BCUT2D eigenvalue weighted by Crippen LogP contribution is 2.23. The number of nitrogens with zero attached hydrogens (tertiary/aromatic N) is 1. The number of nitrogens with one attached hydrogen (secondary N) is 1. The normalized spacial score (nSPS) is 16.0. The number of hydrogen-bond acceptors (Lipinski definition) is 6. The third kappa shape index (κ3) is 6.35. The van der Waals surface area contributed by atoms with Crippen LogP contribution in [0.4, 0.5) is 4.79 Å². The summed E-state index contributed by atoms with van der Waals surface area (Å²) in [7, 11) is -2.49. The van der Waals surface area contributed by atoms with E-state index in [1.807, 2.05) is 13.0 Å². The molecule has 0 unspecified atom stereocenters. The standard InChI is InChI=1S/C22H28N2O6S/c1-3-23-22(25)24(16-20-8-5-13-29-20)15-17-6-4-7-19(14-17)30-31(26,27)21-11-9-18(28-2)10-12-21/h4,6-7,9-12,14,20H,3,5,8,13,15-16H2,1-2H3,(H,23,25)/t20-/m0/s1. The fourth-order valence-electron chi connectivity index (χ4n) is 3.35. The number of amides is 2. The van der Waals surface area contributed by atoms with E-state index in [1.54, 1.807) is 35.2 Å². The van der Waals surface area contributed by atoms with Crippen molar-refractivity contribution in [2.75, 3.05) is 26.8 Å². The maximum Gasteiger partial charge on any atom is 0.339 e. The van der Waals surface area contributed by atoms with E-state index in [9.17, 15) is 13.2 Å². The van der Waals surface area contributed by atoms with E-state index in [4.69, 9.17) is 13.7 Å². The van der Waals surface area contributed by atoms with Crippen molar-refractivity contribution in [3.8, 4) is 11.5 Å². The largest absolute Gasteiger partial charge is 0.497 e. The summed E-state index contributed by atoms with van der Waals surface area (Å²) in [6.07, 6.45) is 1.91. The first-order valence-electron chi connectivity index (χ1n) is 10.2. The maximum atomic E-state index is 12.6. The van der Waals surface area contributed by atoms with Crippen LogP contribution in [-0.4, -0.2) is 52.3 Å². The number of methoxy groups -OCH3 is 1. The third-order valence-electron chi connectivity index (χ3n) is 4.89. The Morgan fingerprint density at radius 1 is 1.19 bits per heavy atom. The van der Waals surface area contributed by atoms with Crippen molar-refractivity contribution in [1.82, 2.24) is 10.2 Å². The molecule has 9 heteroatoms. The van der Waals surface area contributed by atoms with E-state index in [1.165, 1.54) is 19.2 Å². The molecule has 1 saturated heterocycles. The summed E-state index contributed by atoms with van der Waals surface area (Å²) in [6, 6.07) is 12.5. The van der Waals surface area contributed by atoms with E-state index >= 15 is 0 Å². The van der Waals surface area contributed by atoms with E-state index in [0.29, 0.717) is 32.0 Å². The van der Waals surface area contributed by atoms with Crippen LogP contribution in [0, 0.1) is 0 Å². The van der Waals surface area contributed by atoms with E-state index in [2.05, 4.69) is 5.32 Å². The molecule has 1 aliphatic heterocycles. The Morgan fingerprint density at radius 3 is 2.61 bits per heavy atom. The highest BCUT2D eigenvalue weighted by atomic mass is 32.2. The van der Waals surface area contributed by atoms with Gasteiger partial charge in [0.05, 0.1) is 13.2 Å². The van der Waals surface area contributed by atoms with Crippen LogP contribution in [0.3, 0.4) is 0 Å². The molecular formula is C22H28N2O6S. The second-order valence-electron chi connectivity index (χ2n) is 7.21. The number of rotatable bonds is 9. The first-order chi connectivity index (χ1) is 14.9. The number of urea groups is 1. The van der Waals surface area contributed by atoms with E-state index < -0.39 is 10.1 Å². The molecule has 0 spiro atoms. The number of ether oxygens (including phenoxy) is 2. The fourth-order valence-corrected chi connectivity index (χ4v) is 4.27. The highest BCUT2D eigenvalue weighted by Gasteiger charge is 2.23. The fraction of sp³-hybridized carbons (Fsp3) is 0.409. The predicted octanol–water partition coefficient (Wildman–Crippen LogP) is 3.17. The van der Waals surface area contributed by atoms with Crippen LogP contribution >= 0.6 is 0 Å². The molecule has 31 heavy (non-hydrogen) atoms. The summed E-state index contributed by atoms with van der Waals surface area (Å²) in [5.41, 5.74) is 0.756. The molecule has 0 bridgehead atoms. The summed E-state index contributed by atoms with van der Waals surface area (Å²) in [6.45, 7) is 3.87. The molecule has 2 amide bonds. The van der Waals surface area contributed by atoms with Crippen LogP contribution in [0.2, 0.25) is 0 Å². The number of carbonyl (C=O) groups is 1. The molecule has 0 aromatic heterocycles. The lowest BCUT2D eigenvalue weighted by Crippen LogP contribution is -2.43. The number of carbonyl (C=O) groups excluding carboxylic acids is 1. The second kappa shape index (κ2) is 10.5. The van der Waals surface area contributed by atoms with Crippen LogP contribution in [-0.2, 0) is 21.4 Å². The average molecular weight is 449 g/mol. The van der Waals surface area contributed by atoms with Gasteiger partial charge in [-0.25, -0.2) is 4.79 Å². The van der Waals surface area contributed by atoms with Gasteiger partial charge in [-0.15, -0.1) is 0 Å². The first-order valence-corrected chi connectivity index (χ1v) is 11.6. The van der Waals surface area contributed by atoms with Gasteiger partial charge in [0.2, 0.25) is 0 Å². The summed E-state index contributed by atoms with van der Waals surface area (Å²) < 4.78 is 41.2. The van der Waals surface area contributed by atoms with Crippen molar-refractivity contribution in [2.45, 2.75) is 37.3 Å². The van der Waals surface area contributed by atoms with Gasteiger partial charge in [0.1, 0.15) is 16.4 Å². The zero-order chi connectivity index (χ0) is 22.3. The van der Waals surface area contributed by atoms with Crippen LogP contribution in [0.1, 0.15) is 25.3 Å². The molecule has 0 radical (unpaired) electrons. The maximum absolute atomic E-state index is 12.6. The molecule has 2 aromatic rings. The molecule has 1 aliphatic rings. The summed E-state index contributed by atoms with van der Waals surface area (Å²) >= 11 is 0. The monoisotopic (exact) mass is 448 g/mol. The molecule has 1 fully saturated rings. The topological polar surface area (TPSA) is 94.2 Å². The first kappa shape index (κ1) is 22.9. The van der Waals surface area contributed by atoms with Gasteiger partial charge in [-0.2, -0.15) is 8.42 Å². The summed E-state index contributed by atoms with van der Waals surface area (Å²) in [5.74, 6) is 0.735. The molecule has 1 atom stereocenters. The molecule has 1 heterocycles. The molecule has 0 aliphatic carbocycles. The lowest BCUT2D eigenvalue weighted by Gasteiger charge is -2.25. The number of benzene rings is 2. The van der Waals surface area contributed by atoms with Gasteiger partial charge in [0, 0.05) is 26.2 Å². The predicted molar refractivity (Wildman–Crippen MR) is 116 cm³/mol. The molecule has 0 saturated carbocycles. The number of hydrogen-bond donors (Lipinski definition) is 1. The van der Waals surface area contributed by atoms with Crippen molar-refractivity contribution in [2.24, 2.45) is 0 Å². The molecule has 8 nitrogen and oxygen atoms in total. The Bertz CT molecular complexity index is 972. The lowest BCUT2D eigenvalue weighted by molar-refractivity contribution is 0.0796.